The third kappa shape index (κ3) is 30.2. The van der Waals surface area contributed by atoms with Crippen molar-refractivity contribution < 1.29 is 97.9 Å². The van der Waals surface area contributed by atoms with Gasteiger partial charge in [0, 0.05) is 81.9 Å². The maximum absolute atomic E-state index is 12.8. The number of nitrogens with two attached hydrogens (primary N) is 1. The van der Waals surface area contributed by atoms with Gasteiger partial charge in [-0.2, -0.15) is 15.6 Å². The van der Waals surface area contributed by atoms with Crippen molar-refractivity contribution in [1.82, 2.24) is 35.1 Å². The molecule has 83 heavy (non-hydrogen) atoms. The van der Waals surface area contributed by atoms with E-state index in [1.165, 1.54) is 124 Å². The van der Waals surface area contributed by atoms with Gasteiger partial charge in [-0.15, -0.1) is 0 Å². The molecule has 0 saturated heterocycles. The van der Waals surface area contributed by atoms with Crippen LogP contribution in [0.3, 0.4) is 0 Å². The third-order valence-electron chi connectivity index (χ3n) is 9.25. The Kier molecular flexibility index (Phi) is 34.9. The van der Waals surface area contributed by atoms with E-state index in [1.807, 2.05) is 6.07 Å². The molecule has 0 aliphatic heterocycles. The van der Waals surface area contributed by atoms with Crippen LogP contribution in [0.4, 0.5) is 4.39 Å². The SMILES string of the molecule is COc1ccc(B(O)O)cn1.N#Cc1ccc(B(O)O)c(Cl)c1.N#Cc1ccc(B(O)O)c(F)c1.NS(=O)(=O)c1ccc(B(O)O)cc1.OB(O)c1cccnc1.OB(O)c1ccn[nH]1.OB(O)c1ccncc1.OB(O)c1cncnc1. The number of halogens is 2. The van der Waals surface area contributed by atoms with Gasteiger partial charge in [0.1, 0.15) is 12.1 Å². The molecule has 0 amide bonds. The highest BCUT2D eigenvalue weighted by Gasteiger charge is 2.18. The number of benzene rings is 3. The summed E-state index contributed by atoms with van der Waals surface area (Å²) in [6.07, 6.45) is 12.8. The summed E-state index contributed by atoms with van der Waals surface area (Å²) in [5, 5.41) is 165. The van der Waals surface area contributed by atoms with Crippen LogP contribution in [0.5, 0.6) is 5.88 Å². The van der Waals surface area contributed by atoms with Crippen molar-refractivity contribution in [3.63, 3.8) is 0 Å². The van der Waals surface area contributed by atoms with Gasteiger partial charge in [-0.25, -0.2) is 32.9 Å². The quantitative estimate of drug-likeness (QED) is 0.0565. The number of primary sulfonamides is 1. The van der Waals surface area contributed by atoms with Crippen LogP contribution in [-0.2, 0) is 10.0 Å². The number of hydrogen-bond donors (Lipinski definition) is 18. The van der Waals surface area contributed by atoms with Gasteiger partial charge in [0.25, 0.3) is 0 Å². The lowest BCUT2D eigenvalue weighted by molar-refractivity contribution is 0.397. The number of ether oxygens (including phenoxy) is 1. The van der Waals surface area contributed by atoms with Gasteiger partial charge in [0.2, 0.25) is 15.9 Å². The zero-order chi connectivity index (χ0) is 62.7. The van der Waals surface area contributed by atoms with Crippen molar-refractivity contribution in [3.8, 4) is 18.0 Å². The van der Waals surface area contributed by atoms with Crippen molar-refractivity contribution >= 4 is 122 Å². The summed E-state index contributed by atoms with van der Waals surface area (Å²) in [7, 11) is -14.4. The minimum Gasteiger partial charge on any atom is -0.481 e. The summed E-state index contributed by atoms with van der Waals surface area (Å²) in [5.74, 6) is -0.335. The molecule has 8 aromatic rings. The normalized spacial score (nSPS) is 9.52. The topological polar surface area (TPSA) is 534 Å². The highest BCUT2D eigenvalue weighted by atomic mass is 35.5. The fraction of sp³-hybridized carbons (Fsp3) is 0.0233. The standard InChI is InChI=1S/C7H5BClNO2.C7H5BFNO2.C6H8BNO4S.C6H8BNO3.2C5H6BNO2.C4H5BN2O2.C3H5BN2O2/c2*9-7-3-5(4-10)1-2-6(7)8(11)12;8-13(11,12)6-3-1-5(2-4-6)7(9)10;1-11-6-3-2-5(4-8-6)7(9)10;8-6(9)5-1-3-7-4-2-5;8-6(9)5-2-1-3-7-4-5;8-5(9)4-1-6-3-7-2-4;7-4(8)3-1-2-5-6-3/h2*1-3,11-12H;1-4,9-10H,(H2,8,11,12);2-4,9-10H,1H3;2*1-4,8-9H;1-3,8-9H;1-2,7-8H,(H,5,6). The van der Waals surface area contributed by atoms with E-state index in [2.05, 4.69) is 35.1 Å². The van der Waals surface area contributed by atoms with Crippen LogP contribution in [0.1, 0.15) is 11.1 Å². The van der Waals surface area contributed by atoms with Crippen molar-refractivity contribution in [2.24, 2.45) is 5.14 Å². The molecule has 0 fully saturated rings. The van der Waals surface area contributed by atoms with Crippen molar-refractivity contribution in [2.45, 2.75) is 4.90 Å². The molecule has 0 aliphatic rings. The first-order chi connectivity index (χ1) is 39.2. The maximum Gasteiger partial charge on any atom is 0.507 e. The Labute approximate surface area is 480 Å². The van der Waals surface area contributed by atoms with Crippen LogP contribution in [0, 0.1) is 28.5 Å². The lowest BCUT2D eigenvalue weighted by Crippen LogP contribution is -2.32. The smallest absolute Gasteiger partial charge is 0.481 e. The van der Waals surface area contributed by atoms with Crippen LogP contribution < -0.4 is 53.7 Å². The van der Waals surface area contributed by atoms with E-state index in [1.54, 1.807) is 42.6 Å². The minimum atomic E-state index is -3.71. The van der Waals surface area contributed by atoms with E-state index in [9.17, 15) is 12.8 Å². The average molecular weight is 1180 g/mol. The van der Waals surface area contributed by atoms with Crippen LogP contribution in [0.25, 0.3) is 0 Å². The van der Waals surface area contributed by atoms with Gasteiger partial charge in [-0.3, -0.25) is 15.1 Å². The van der Waals surface area contributed by atoms with Crippen LogP contribution >= 0.6 is 11.6 Å². The summed E-state index contributed by atoms with van der Waals surface area (Å²) in [6, 6.07) is 27.2. The second kappa shape index (κ2) is 39.6. The summed E-state index contributed by atoms with van der Waals surface area (Å²) in [6.45, 7) is 0. The molecule has 8 rings (SSSR count). The fourth-order valence-electron chi connectivity index (χ4n) is 5.03. The van der Waals surface area contributed by atoms with Crippen LogP contribution in [0.2, 0.25) is 5.02 Å². The predicted molar refractivity (Wildman–Crippen MR) is 304 cm³/mol. The maximum atomic E-state index is 12.8. The predicted octanol–water partition coefficient (Wildman–Crippen LogP) is -10.2. The second-order valence-corrected chi connectivity index (χ2v) is 17.2. The number of hydrogen-bond acceptors (Lipinski definition) is 27. The molecule has 0 unspecified atom stereocenters. The first-order valence-electron chi connectivity index (χ1n) is 22.6. The van der Waals surface area contributed by atoms with Crippen molar-refractivity contribution in [3.05, 3.63) is 181 Å². The number of nitrogens with zero attached hydrogens (tertiary/aromatic N) is 8. The number of aromatic nitrogens is 7. The fourth-order valence-corrected chi connectivity index (χ4v) is 5.82. The van der Waals surface area contributed by atoms with Gasteiger partial charge in [-0.05, 0) is 77.7 Å². The van der Waals surface area contributed by atoms with E-state index in [0.717, 1.165) is 6.07 Å². The Morgan fingerprint density at radius 3 is 1.35 bits per heavy atom. The molecule has 40 heteroatoms. The zero-order valence-electron chi connectivity index (χ0n) is 42.8. The number of pyridine rings is 3. The summed E-state index contributed by atoms with van der Waals surface area (Å²) in [4.78, 5) is 18.3. The lowest BCUT2D eigenvalue weighted by atomic mass is 9.79. The number of H-pyrrole nitrogens is 1. The number of sulfonamides is 1. The van der Waals surface area contributed by atoms with E-state index in [-0.39, 0.29) is 31.9 Å². The highest BCUT2D eigenvalue weighted by molar-refractivity contribution is 7.89. The van der Waals surface area contributed by atoms with E-state index in [0.29, 0.717) is 38.9 Å². The molecule has 0 atom stereocenters. The second-order valence-electron chi connectivity index (χ2n) is 15.2. The summed E-state index contributed by atoms with van der Waals surface area (Å²) in [5.41, 5.74) is 2.58. The largest absolute Gasteiger partial charge is 0.507 e. The van der Waals surface area contributed by atoms with E-state index < -0.39 is 72.8 Å². The zero-order valence-corrected chi connectivity index (χ0v) is 44.4. The third-order valence-corrected chi connectivity index (χ3v) is 10.5. The van der Waals surface area contributed by atoms with Crippen molar-refractivity contribution in [2.75, 3.05) is 7.11 Å². The molecular formula is C43H48B8ClFN10O19S. The molecule has 3 aromatic carbocycles. The number of methoxy groups -OCH3 is 1. The Morgan fingerprint density at radius 1 is 0.530 bits per heavy atom. The first-order valence-corrected chi connectivity index (χ1v) is 24.5. The van der Waals surface area contributed by atoms with Crippen LogP contribution in [-0.4, -0.2) is 188 Å². The van der Waals surface area contributed by atoms with Gasteiger partial charge < -0.3 is 85.1 Å². The van der Waals surface area contributed by atoms with Gasteiger partial charge in [-0.1, -0.05) is 48.0 Å². The Hall–Kier alpha value is -7.81. The number of nitriles is 2. The van der Waals surface area contributed by atoms with Gasteiger partial charge >= 0.3 is 56.9 Å². The Balaban J connectivity index is 0.000000476. The molecule has 0 bridgehead atoms. The molecule has 29 nitrogen and oxygen atoms in total. The van der Waals surface area contributed by atoms with E-state index >= 15 is 0 Å². The number of nitrogens with one attached hydrogen (secondary N) is 1. The highest BCUT2D eigenvalue weighted by Crippen LogP contribution is 2.08. The average Bonchev–Trinajstić information content (AvgIpc) is 4.04. The molecule has 428 valence electrons. The number of aromatic amines is 1. The molecule has 5 heterocycles. The number of rotatable bonds is 10. The molecule has 5 aromatic heterocycles. The van der Waals surface area contributed by atoms with Crippen molar-refractivity contribution in [1.29, 1.82) is 10.5 Å². The van der Waals surface area contributed by atoms with Crippen LogP contribution in [0.15, 0.2) is 164 Å². The molecule has 19 N–H and O–H groups in total. The van der Waals surface area contributed by atoms with Gasteiger partial charge in [0.15, 0.2) is 0 Å². The molecule has 0 aliphatic carbocycles. The molecule has 0 radical (unpaired) electrons. The first kappa shape index (κ1) is 73.2. The lowest BCUT2D eigenvalue weighted by Gasteiger charge is -2.01. The Bertz CT molecular complexity index is 3090. The molecular weight excluding hydrogens is 1130 g/mol. The van der Waals surface area contributed by atoms with Gasteiger partial charge in [0.05, 0.1) is 40.9 Å². The summed E-state index contributed by atoms with van der Waals surface area (Å²) >= 11 is 5.63. The molecule has 0 saturated carbocycles. The summed E-state index contributed by atoms with van der Waals surface area (Å²) < 4.78 is 39.1. The van der Waals surface area contributed by atoms with E-state index in [4.69, 9.17) is 112 Å². The Morgan fingerprint density at radius 2 is 1.01 bits per heavy atom. The molecule has 0 spiro atoms. The minimum absolute atomic E-state index is 0.0584. The monoisotopic (exact) mass is 1180 g/mol.